The Balaban J connectivity index is 1.74. The summed E-state index contributed by atoms with van der Waals surface area (Å²) in [7, 11) is 0. The van der Waals surface area contributed by atoms with Crippen LogP contribution in [0.5, 0.6) is 11.5 Å². The average Bonchev–Trinajstić information content (AvgIpc) is 2.68. The molecule has 1 aliphatic rings. The first-order chi connectivity index (χ1) is 13.0. The molecule has 0 radical (unpaired) electrons. The SMILES string of the molecule is O=C(Oc1ccc2c(c1O)C(=O)c1ccccc1C2=O)c1ccc(Br)cc1. The number of esters is 1. The Labute approximate surface area is 162 Å². The van der Waals surface area contributed by atoms with Crippen LogP contribution in [0.4, 0.5) is 0 Å². The van der Waals surface area contributed by atoms with Crippen molar-refractivity contribution in [2.24, 2.45) is 0 Å². The molecule has 0 saturated heterocycles. The van der Waals surface area contributed by atoms with Crippen molar-refractivity contribution >= 4 is 33.5 Å². The van der Waals surface area contributed by atoms with Gasteiger partial charge in [-0.2, -0.15) is 0 Å². The largest absolute Gasteiger partial charge is 0.504 e. The molecule has 0 spiro atoms. The van der Waals surface area contributed by atoms with Crippen molar-refractivity contribution in [2.45, 2.75) is 0 Å². The molecule has 0 aromatic heterocycles. The fraction of sp³-hybridized carbons (Fsp3) is 0. The van der Waals surface area contributed by atoms with E-state index in [1.165, 1.54) is 18.2 Å². The lowest BCUT2D eigenvalue weighted by Gasteiger charge is -2.19. The van der Waals surface area contributed by atoms with Crippen molar-refractivity contribution in [1.29, 1.82) is 0 Å². The maximum atomic E-state index is 12.8. The molecule has 5 nitrogen and oxygen atoms in total. The number of halogens is 1. The van der Waals surface area contributed by atoms with Gasteiger partial charge in [0.15, 0.2) is 23.1 Å². The Morgan fingerprint density at radius 1 is 0.815 bits per heavy atom. The minimum Gasteiger partial charge on any atom is -0.504 e. The number of hydrogen-bond donors (Lipinski definition) is 1. The monoisotopic (exact) mass is 422 g/mol. The van der Waals surface area contributed by atoms with E-state index in [4.69, 9.17) is 4.74 Å². The van der Waals surface area contributed by atoms with Gasteiger partial charge in [0.1, 0.15) is 0 Å². The van der Waals surface area contributed by atoms with Crippen LogP contribution in [0.3, 0.4) is 0 Å². The first kappa shape index (κ1) is 17.2. The number of carbonyl (C=O) groups excluding carboxylic acids is 3. The third kappa shape index (κ3) is 2.84. The van der Waals surface area contributed by atoms with E-state index in [0.29, 0.717) is 0 Å². The zero-order valence-corrected chi connectivity index (χ0v) is 15.3. The molecule has 27 heavy (non-hydrogen) atoms. The fourth-order valence-corrected chi connectivity index (χ4v) is 3.24. The summed E-state index contributed by atoms with van der Waals surface area (Å²) in [6.07, 6.45) is 0. The molecule has 0 unspecified atom stereocenters. The van der Waals surface area contributed by atoms with Crippen LogP contribution in [-0.4, -0.2) is 22.6 Å². The zero-order chi connectivity index (χ0) is 19.1. The molecule has 0 aliphatic heterocycles. The molecular formula is C21H11BrO5. The van der Waals surface area contributed by atoms with Crippen LogP contribution in [-0.2, 0) is 0 Å². The summed E-state index contributed by atoms with van der Waals surface area (Å²) in [5.74, 6) is -2.23. The van der Waals surface area contributed by atoms with Crippen LogP contribution in [0.1, 0.15) is 42.2 Å². The van der Waals surface area contributed by atoms with E-state index in [2.05, 4.69) is 15.9 Å². The molecule has 0 saturated carbocycles. The van der Waals surface area contributed by atoms with Crippen LogP contribution in [0.25, 0.3) is 0 Å². The standard InChI is InChI=1S/C21H11BrO5/c22-12-7-5-11(6-8-12)21(26)27-16-10-9-15-17(20(16)25)19(24)14-4-2-1-3-13(14)18(15)23/h1-10,25H. The van der Waals surface area contributed by atoms with Gasteiger partial charge in [-0.25, -0.2) is 4.79 Å². The molecule has 132 valence electrons. The van der Waals surface area contributed by atoms with Gasteiger partial charge in [-0.1, -0.05) is 40.2 Å². The number of carbonyl (C=O) groups is 3. The smallest absolute Gasteiger partial charge is 0.343 e. The molecule has 0 atom stereocenters. The summed E-state index contributed by atoms with van der Waals surface area (Å²) < 4.78 is 6.05. The first-order valence-corrected chi connectivity index (χ1v) is 8.79. The van der Waals surface area contributed by atoms with E-state index in [0.717, 1.165) is 4.47 Å². The van der Waals surface area contributed by atoms with Crippen molar-refractivity contribution in [3.63, 3.8) is 0 Å². The molecule has 0 amide bonds. The van der Waals surface area contributed by atoms with Crippen molar-refractivity contribution in [2.75, 3.05) is 0 Å². The Morgan fingerprint density at radius 2 is 1.44 bits per heavy atom. The minimum absolute atomic E-state index is 0.0830. The highest BCUT2D eigenvalue weighted by Crippen LogP contribution is 2.38. The summed E-state index contributed by atoms with van der Waals surface area (Å²) in [5, 5.41) is 10.5. The zero-order valence-electron chi connectivity index (χ0n) is 13.7. The molecule has 1 N–H and O–H groups in total. The van der Waals surface area contributed by atoms with Crippen LogP contribution >= 0.6 is 15.9 Å². The van der Waals surface area contributed by atoms with Gasteiger partial charge in [0.2, 0.25) is 0 Å². The number of ketones is 2. The number of rotatable bonds is 2. The Kier molecular flexibility index (Phi) is 4.12. The maximum absolute atomic E-state index is 12.8. The predicted molar refractivity (Wildman–Crippen MR) is 101 cm³/mol. The highest BCUT2D eigenvalue weighted by Gasteiger charge is 2.33. The van der Waals surface area contributed by atoms with Gasteiger partial charge in [0.25, 0.3) is 0 Å². The minimum atomic E-state index is -0.687. The summed E-state index contributed by atoms with van der Waals surface area (Å²) in [5.41, 5.74) is 0.707. The van der Waals surface area contributed by atoms with Crippen LogP contribution < -0.4 is 4.74 Å². The third-order valence-corrected chi connectivity index (χ3v) is 4.84. The van der Waals surface area contributed by atoms with E-state index < -0.39 is 17.5 Å². The molecule has 3 aromatic rings. The van der Waals surface area contributed by atoms with Gasteiger partial charge in [0.05, 0.1) is 11.1 Å². The van der Waals surface area contributed by atoms with Crippen molar-refractivity contribution in [3.8, 4) is 11.5 Å². The first-order valence-electron chi connectivity index (χ1n) is 7.99. The maximum Gasteiger partial charge on any atom is 0.343 e. The molecule has 0 bridgehead atoms. The third-order valence-electron chi connectivity index (χ3n) is 4.31. The van der Waals surface area contributed by atoms with Crippen molar-refractivity contribution < 1.29 is 24.2 Å². The quantitative estimate of drug-likeness (QED) is 0.387. The lowest BCUT2D eigenvalue weighted by atomic mass is 9.83. The number of benzene rings is 3. The van der Waals surface area contributed by atoms with Crippen molar-refractivity contribution in [1.82, 2.24) is 0 Å². The summed E-state index contributed by atoms with van der Waals surface area (Å²) in [6.45, 7) is 0. The van der Waals surface area contributed by atoms with Gasteiger partial charge in [-0.15, -0.1) is 0 Å². The number of phenols is 1. The van der Waals surface area contributed by atoms with E-state index in [9.17, 15) is 19.5 Å². The molecule has 1 aliphatic carbocycles. The van der Waals surface area contributed by atoms with Gasteiger partial charge in [0, 0.05) is 21.2 Å². The van der Waals surface area contributed by atoms with Gasteiger partial charge in [-0.3, -0.25) is 9.59 Å². The van der Waals surface area contributed by atoms with E-state index in [1.807, 2.05) is 0 Å². The number of phenolic OH excluding ortho intramolecular Hbond substituents is 1. The normalized spacial score (nSPS) is 12.3. The fourth-order valence-electron chi connectivity index (χ4n) is 2.98. The summed E-state index contributed by atoms with van der Waals surface area (Å²) >= 11 is 3.28. The topological polar surface area (TPSA) is 80.7 Å². The average molecular weight is 423 g/mol. The molecular weight excluding hydrogens is 412 g/mol. The molecule has 0 fully saturated rings. The summed E-state index contributed by atoms with van der Waals surface area (Å²) in [4.78, 5) is 37.7. The second kappa shape index (κ2) is 6.48. The second-order valence-corrected chi connectivity index (χ2v) is 6.85. The van der Waals surface area contributed by atoms with Crippen molar-refractivity contribution in [3.05, 3.63) is 93.0 Å². The molecule has 4 rings (SSSR count). The Bertz CT molecular complexity index is 1120. The molecule has 6 heteroatoms. The Morgan fingerprint density at radius 3 is 2.11 bits per heavy atom. The van der Waals surface area contributed by atoms with Crippen LogP contribution in [0, 0.1) is 0 Å². The van der Waals surface area contributed by atoms with Gasteiger partial charge in [-0.05, 0) is 36.4 Å². The van der Waals surface area contributed by atoms with Crippen LogP contribution in [0.2, 0.25) is 0 Å². The van der Waals surface area contributed by atoms with Crippen LogP contribution in [0.15, 0.2) is 65.1 Å². The van der Waals surface area contributed by atoms with Gasteiger partial charge < -0.3 is 9.84 Å². The molecule has 0 heterocycles. The number of ether oxygens (including phenoxy) is 1. The number of hydrogen-bond acceptors (Lipinski definition) is 5. The second-order valence-electron chi connectivity index (χ2n) is 5.94. The van der Waals surface area contributed by atoms with E-state index >= 15 is 0 Å². The van der Waals surface area contributed by atoms with E-state index in [1.54, 1.807) is 42.5 Å². The number of fused-ring (bicyclic) bond motifs is 2. The highest BCUT2D eigenvalue weighted by atomic mass is 79.9. The Hall–Kier alpha value is -3.25. The number of aromatic hydroxyl groups is 1. The van der Waals surface area contributed by atoms with E-state index in [-0.39, 0.29) is 39.4 Å². The summed E-state index contributed by atoms with van der Waals surface area (Å²) in [6, 6.07) is 15.6. The highest BCUT2D eigenvalue weighted by molar-refractivity contribution is 9.10. The lowest BCUT2D eigenvalue weighted by Crippen LogP contribution is -2.21. The predicted octanol–water partition coefficient (Wildman–Crippen LogP) is 4.15. The lowest BCUT2D eigenvalue weighted by molar-refractivity contribution is 0.0728. The molecule has 3 aromatic carbocycles. The van der Waals surface area contributed by atoms with Gasteiger partial charge >= 0.3 is 5.97 Å².